The Kier molecular flexibility index (Phi) is 6.62. The Labute approximate surface area is 212 Å². The third-order valence-electron chi connectivity index (χ3n) is 6.38. The Hall–Kier alpha value is -3.15. The molecule has 1 aliphatic heterocycles. The molecule has 2 aromatic heterocycles. The number of hydrogen-bond acceptors (Lipinski definition) is 6. The molecule has 0 spiro atoms. The minimum Gasteiger partial charge on any atom is -0.306 e. The van der Waals surface area contributed by atoms with Crippen LogP contribution in [-0.2, 0) is 10.0 Å². The number of hydrogen-bond donors (Lipinski definition) is 1. The molecule has 0 radical (unpaired) electrons. The van der Waals surface area contributed by atoms with E-state index < -0.39 is 21.7 Å². The number of sulfonamides is 1. The molecule has 1 fully saturated rings. The number of nitrogens with one attached hydrogen (secondary N) is 1. The number of fused-ring (bicyclic) bond motifs is 1. The molecule has 1 atom stereocenters. The third-order valence-corrected chi connectivity index (χ3v) is 9.34. The summed E-state index contributed by atoms with van der Waals surface area (Å²) in [6.07, 6.45) is 3.52. The summed E-state index contributed by atoms with van der Waals surface area (Å²) in [5.74, 6) is -0.459. The Morgan fingerprint density at radius 1 is 1.19 bits per heavy atom. The zero-order chi connectivity index (χ0) is 25.4. The first kappa shape index (κ1) is 24.5. The van der Waals surface area contributed by atoms with Crippen LogP contribution in [0.2, 0.25) is 0 Å². The Morgan fingerprint density at radius 2 is 1.97 bits per heavy atom. The van der Waals surface area contributed by atoms with Gasteiger partial charge in [-0.15, -0.1) is 0 Å². The summed E-state index contributed by atoms with van der Waals surface area (Å²) in [6.45, 7) is 4.30. The van der Waals surface area contributed by atoms with E-state index in [4.69, 9.17) is 0 Å². The lowest BCUT2D eigenvalue weighted by molar-refractivity contribution is 0.102. The SMILES string of the molecule is CCC1CCCCN1S(=O)(=O)c1ccc(C(=O)Nc2cc(C)nn2-c2nc3c(F)cccc3s2)cc1. The van der Waals surface area contributed by atoms with E-state index >= 15 is 0 Å². The van der Waals surface area contributed by atoms with E-state index in [0.717, 1.165) is 25.7 Å². The van der Waals surface area contributed by atoms with Gasteiger partial charge in [0.15, 0.2) is 0 Å². The summed E-state index contributed by atoms with van der Waals surface area (Å²) in [4.78, 5) is 17.5. The normalized spacial score (nSPS) is 16.9. The lowest BCUT2D eigenvalue weighted by Gasteiger charge is -2.34. The molecule has 5 rings (SSSR count). The van der Waals surface area contributed by atoms with E-state index in [1.54, 1.807) is 29.4 Å². The van der Waals surface area contributed by atoms with Gasteiger partial charge in [0.05, 0.1) is 15.3 Å². The van der Waals surface area contributed by atoms with Crippen molar-refractivity contribution in [3.05, 3.63) is 65.6 Å². The number of amides is 1. The average molecular weight is 528 g/mol. The molecule has 1 amide bonds. The number of piperidine rings is 1. The van der Waals surface area contributed by atoms with Gasteiger partial charge >= 0.3 is 0 Å². The van der Waals surface area contributed by atoms with Crippen molar-refractivity contribution in [3.8, 4) is 5.13 Å². The second-order valence-corrected chi connectivity index (χ2v) is 11.7. The Morgan fingerprint density at radius 3 is 2.69 bits per heavy atom. The van der Waals surface area contributed by atoms with Crippen LogP contribution in [0, 0.1) is 12.7 Å². The van der Waals surface area contributed by atoms with Gasteiger partial charge in [0.2, 0.25) is 15.2 Å². The van der Waals surface area contributed by atoms with Crippen molar-refractivity contribution < 1.29 is 17.6 Å². The van der Waals surface area contributed by atoms with E-state index in [9.17, 15) is 17.6 Å². The molecule has 1 saturated heterocycles. The molecule has 4 aromatic rings. The van der Waals surface area contributed by atoms with Crippen LogP contribution in [0.5, 0.6) is 0 Å². The highest BCUT2D eigenvalue weighted by Gasteiger charge is 2.32. The van der Waals surface area contributed by atoms with Crippen molar-refractivity contribution in [2.24, 2.45) is 0 Å². The van der Waals surface area contributed by atoms with Gasteiger partial charge in [-0.2, -0.15) is 14.1 Å². The minimum atomic E-state index is -3.63. The van der Waals surface area contributed by atoms with Crippen molar-refractivity contribution in [3.63, 3.8) is 0 Å². The summed E-state index contributed by atoms with van der Waals surface area (Å²) >= 11 is 1.26. The van der Waals surface area contributed by atoms with Gasteiger partial charge in [0.25, 0.3) is 5.91 Å². The maximum Gasteiger partial charge on any atom is 0.256 e. The maximum absolute atomic E-state index is 14.1. The summed E-state index contributed by atoms with van der Waals surface area (Å²) in [5, 5.41) is 7.65. The molecule has 188 valence electrons. The fraction of sp³-hybridized carbons (Fsp3) is 0.320. The minimum absolute atomic E-state index is 0.00577. The predicted octanol–water partition coefficient (Wildman–Crippen LogP) is 5.14. The number of aryl methyl sites for hydroxylation is 1. The first-order chi connectivity index (χ1) is 17.3. The molecule has 8 nitrogen and oxygen atoms in total. The van der Waals surface area contributed by atoms with Crippen LogP contribution in [0.15, 0.2) is 53.4 Å². The van der Waals surface area contributed by atoms with Crippen molar-refractivity contribution >= 4 is 43.3 Å². The van der Waals surface area contributed by atoms with Gasteiger partial charge in [-0.25, -0.2) is 17.8 Å². The molecule has 1 unspecified atom stereocenters. The molecular formula is C25H26FN5O3S2. The molecule has 1 N–H and O–H groups in total. The molecule has 3 heterocycles. The van der Waals surface area contributed by atoms with Crippen LogP contribution in [-0.4, -0.2) is 46.0 Å². The molecule has 36 heavy (non-hydrogen) atoms. The van der Waals surface area contributed by atoms with Gasteiger partial charge in [-0.05, 0) is 62.6 Å². The number of carbonyl (C=O) groups excluding carboxylic acids is 1. The average Bonchev–Trinajstić information content (AvgIpc) is 3.48. The highest BCUT2D eigenvalue weighted by molar-refractivity contribution is 7.89. The highest BCUT2D eigenvalue weighted by atomic mass is 32.2. The zero-order valence-corrected chi connectivity index (χ0v) is 21.6. The zero-order valence-electron chi connectivity index (χ0n) is 19.9. The number of para-hydroxylation sites is 1. The number of aromatic nitrogens is 3. The van der Waals surface area contributed by atoms with Crippen LogP contribution in [0.4, 0.5) is 10.2 Å². The highest BCUT2D eigenvalue weighted by Crippen LogP contribution is 2.30. The lowest BCUT2D eigenvalue weighted by Crippen LogP contribution is -2.43. The molecular weight excluding hydrogens is 501 g/mol. The maximum atomic E-state index is 14.1. The summed E-state index contributed by atoms with van der Waals surface area (Å²) < 4.78 is 44.3. The van der Waals surface area contributed by atoms with E-state index in [0.29, 0.717) is 33.5 Å². The number of benzene rings is 2. The largest absolute Gasteiger partial charge is 0.306 e. The standard InChI is InChI=1S/C25H26FN5O3S2/c1-3-18-7-4-5-14-30(18)36(33,34)19-12-10-17(11-13-19)24(32)27-22-15-16(2)29-31(22)25-28-23-20(26)8-6-9-21(23)35-25/h6,8-13,15,18H,3-5,7,14H2,1-2H3,(H,27,32). The van der Waals surface area contributed by atoms with Crippen molar-refractivity contribution in [2.75, 3.05) is 11.9 Å². The topological polar surface area (TPSA) is 97.2 Å². The van der Waals surface area contributed by atoms with Crippen LogP contribution in [0.3, 0.4) is 0 Å². The Bertz CT molecular complexity index is 1530. The molecule has 0 bridgehead atoms. The summed E-state index contributed by atoms with van der Waals surface area (Å²) in [7, 11) is -3.63. The second-order valence-electron chi connectivity index (χ2n) is 8.82. The van der Waals surface area contributed by atoms with Crippen LogP contribution < -0.4 is 5.32 Å². The van der Waals surface area contributed by atoms with E-state index in [1.807, 2.05) is 6.92 Å². The summed E-state index contributed by atoms with van der Waals surface area (Å²) in [6, 6.07) is 12.4. The van der Waals surface area contributed by atoms with E-state index in [2.05, 4.69) is 15.4 Å². The molecule has 11 heteroatoms. The van der Waals surface area contributed by atoms with Gasteiger partial charge in [-0.1, -0.05) is 30.7 Å². The Balaban J connectivity index is 1.38. The number of rotatable bonds is 6. The van der Waals surface area contributed by atoms with Crippen LogP contribution >= 0.6 is 11.3 Å². The number of carbonyl (C=O) groups is 1. The number of thiazole rings is 1. The molecule has 0 aliphatic carbocycles. The lowest BCUT2D eigenvalue weighted by atomic mass is 10.0. The van der Waals surface area contributed by atoms with Crippen LogP contribution in [0.25, 0.3) is 15.3 Å². The quantitative estimate of drug-likeness (QED) is 0.375. The second kappa shape index (κ2) is 9.72. The first-order valence-corrected chi connectivity index (χ1v) is 14.1. The third kappa shape index (κ3) is 4.54. The van der Waals surface area contributed by atoms with Crippen molar-refractivity contribution in [1.82, 2.24) is 19.1 Å². The van der Waals surface area contributed by atoms with Gasteiger partial charge in [0.1, 0.15) is 17.2 Å². The van der Waals surface area contributed by atoms with Gasteiger partial charge < -0.3 is 5.32 Å². The van der Waals surface area contributed by atoms with E-state index in [1.165, 1.54) is 46.4 Å². The van der Waals surface area contributed by atoms with Gasteiger partial charge in [-0.3, -0.25) is 4.79 Å². The van der Waals surface area contributed by atoms with E-state index in [-0.39, 0.29) is 16.5 Å². The number of nitrogens with zero attached hydrogens (tertiary/aromatic N) is 4. The molecule has 0 saturated carbocycles. The van der Waals surface area contributed by atoms with Crippen molar-refractivity contribution in [2.45, 2.75) is 50.5 Å². The fourth-order valence-corrected chi connectivity index (χ4v) is 7.24. The monoisotopic (exact) mass is 527 g/mol. The fourth-order valence-electron chi connectivity index (χ4n) is 4.53. The number of anilines is 1. The summed E-state index contributed by atoms with van der Waals surface area (Å²) in [5.41, 5.74) is 1.21. The molecule has 2 aromatic carbocycles. The first-order valence-electron chi connectivity index (χ1n) is 11.8. The van der Waals surface area contributed by atoms with Crippen LogP contribution in [0.1, 0.15) is 48.7 Å². The van der Waals surface area contributed by atoms with Gasteiger partial charge in [0, 0.05) is 24.2 Å². The number of halogens is 1. The van der Waals surface area contributed by atoms with Crippen molar-refractivity contribution in [1.29, 1.82) is 0 Å². The predicted molar refractivity (Wildman–Crippen MR) is 138 cm³/mol. The smallest absolute Gasteiger partial charge is 0.256 e. The molecule has 1 aliphatic rings.